The molecular formula is C19H16ClFN4O. The van der Waals surface area contributed by atoms with E-state index < -0.39 is 0 Å². The lowest BCUT2D eigenvalue weighted by Gasteiger charge is -2.09. The minimum atomic E-state index is -0.376. The Bertz CT molecular complexity index is 931. The van der Waals surface area contributed by atoms with Gasteiger partial charge in [-0.05, 0) is 30.7 Å². The van der Waals surface area contributed by atoms with Crippen LogP contribution in [0, 0.1) is 12.7 Å². The van der Waals surface area contributed by atoms with Crippen LogP contribution in [0.25, 0.3) is 0 Å². The van der Waals surface area contributed by atoms with E-state index in [4.69, 9.17) is 11.6 Å². The molecule has 2 aromatic carbocycles. The minimum absolute atomic E-state index is 0.0905. The quantitative estimate of drug-likeness (QED) is 0.704. The Morgan fingerprint density at radius 1 is 1.15 bits per heavy atom. The standard InChI is InChI=1S/C19H16ClFN4O/c1-12-6-7-15(20)8-17(12)25-19-23-10-14(11-24-19)18(26)22-9-13-4-2-3-5-16(13)21/h2-8,10-11H,9H2,1H3,(H,22,26)(H,23,24,25). The molecule has 0 spiro atoms. The zero-order chi connectivity index (χ0) is 18.5. The van der Waals surface area contributed by atoms with Gasteiger partial charge in [-0.2, -0.15) is 0 Å². The summed E-state index contributed by atoms with van der Waals surface area (Å²) < 4.78 is 13.6. The van der Waals surface area contributed by atoms with E-state index in [1.165, 1.54) is 18.5 Å². The number of aryl methyl sites for hydroxylation is 1. The lowest BCUT2D eigenvalue weighted by molar-refractivity contribution is 0.0950. The van der Waals surface area contributed by atoms with Gasteiger partial charge in [0.05, 0.1) is 5.56 Å². The van der Waals surface area contributed by atoms with Gasteiger partial charge in [-0.25, -0.2) is 14.4 Å². The molecule has 0 aliphatic carbocycles. The number of carbonyl (C=O) groups is 1. The molecule has 0 unspecified atom stereocenters. The number of rotatable bonds is 5. The van der Waals surface area contributed by atoms with E-state index in [2.05, 4.69) is 20.6 Å². The first-order chi connectivity index (χ1) is 12.5. The highest BCUT2D eigenvalue weighted by Gasteiger charge is 2.09. The summed E-state index contributed by atoms with van der Waals surface area (Å²) in [6, 6.07) is 11.7. The molecule has 132 valence electrons. The predicted molar refractivity (Wildman–Crippen MR) is 99.1 cm³/mol. The zero-order valence-electron chi connectivity index (χ0n) is 14.0. The molecule has 1 heterocycles. The monoisotopic (exact) mass is 370 g/mol. The van der Waals surface area contributed by atoms with Gasteiger partial charge in [-0.3, -0.25) is 4.79 Å². The third-order valence-corrected chi connectivity index (χ3v) is 3.99. The highest BCUT2D eigenvalue weighted by Crippen LogP contribution is 2.22. The van der Waals surface area contributed by atoms with Gasteiger partial charge < -0.3 is 10.6 Å². The van der Waals surface area contributed by atoms with Crippen LogP contribution in [0.4, 0.5) is 16.0 Å². The molecule has 0 fully saturated rings. The number of nitrogens with zero attached hydrogens (tertiary/aromatic N) is 2. The maximum absolute atomic E-state index is 13.6. The molecule has 3 rings (SSSR count). The summed E-state index contributed by atoms with van der Waals surface area (Å²) in [7, 11) is 0. The highest BCUT2D eigenvalue weighted by molar-refractivity contribution is 6.30. The Labute approximate surface area is 155 Å². The predicted octanol–water partition coefficient (Wildman–Crippen LogP) is 4.25. The summed E-state index contributed by atoms with van der Waals surface area (Å²) >= 11 is 5.99. The highest BCUT2D eigenvalue weighted by atomic mass is 35.5. The first kappa shape index (κ1) is 17.8. The van der Waals surface area contributed by atoms with Gasteiger partial charge in [0.15, 0.2) is 0 Å². The Balaban J connectivity index is 1.64. The molecule has 0 aliphatic heterocycles. The number of halogens is 2. The minimum Gasteiger partial charge on any atom is -0.348 e. The van der Waals surface area contributed by atoms with E-state index in [-0.39, 0.29) is 23.8 Å². The topological polar surface area (TPSA) is 66.9 Å². The summed E-state index contributed by atoms with van der Waals surface area (Å²) in [6.45, 7) is 2.02. The summed E-state index contributed by atoms with van der Waals surface area (Å²) in [5.41, 5.74) is 2.48. The first-order valence-corrected chi connectivity index (χ1v) is 8.27. The summed E-state index contributed by atoms with van der Waals surface area (Å²) in [6.07, 6.45) is 2.82. The van der Waals surface area contributed by atoms with Crippen LogP contribution in [-0.4, -0.2) is 15.9 Å². The van der Waals surface area contributed by atoms with Gasteiger partial charge in [0.2, 0.25) is 5.95 Å². The molecule has 0 radical (unpaired) electrons. The molecule has 0 saturated heterocycles. The van der Waals surface area contributed by atoms with E-state index in [0.29, 0.717) is 16.5 Å². The second-order valence-corrected chi connectivity index (χ2v) is 6.09. The van der Waals surface area contributed by atoms with Crippen molar-refractivity contribution in [3.8, 4) is 0 Å². The van der Waals surface area contributed by atoms with E-state index in [1.807, 2.05) is 13.0 Å². The van der Waals surface area contributed by atoms with Crippen LogP contribution in [-0.2, 0) is 6.54 Å². The SMILES string of the molecule is Cc1ccc(Cl)cc1Nc1ncc(C(=O)NCc2ccccc2F)cn1. The molecule has 0 bridgehead atoms. The molecule has 1 aromatic heterocycles. The molecule has 2 N–H and O–H groups in total. The Kier molecular flexibility index (Phi) is 5.43. The van der Waals surface area contributed by atoms with Crippen LogP contribution in [0.1, 0.15) is 21.5 Å². The summed E-state index contributed by atoms with van der Waals surface area (Å²) in [5.74, 6) is -0.389. The fourth-order valence-electron chi connectivity index (χ4n) is 2.28. The molecular weight excluding hydrogens is 355 g/mol. The molecule has 7 heteroatoms. The van der Waals surface area contributed by atoms with Crippen LogP contribution in [0.15, 0.2) is 54.9 Å². The molecule has 26 heavy (non-hydrogen) atoms. The van der Waals surface area contributed by atoms with Crippen LogP contribution < -0.4 is 10.6 Å². The molecule has 3 aromatic rings. The van der Waals surface area contributed by atoms with Crippen molar-refractivity contribution in [2.24, 2.45) is 0 Å². The van der Waals surface area contributed by atoms with Gasteiger partial charge in [-0.15, -0.1) is 0 Å². The third-order valence-electron chi connectivity index (χ3n) is 3.76. The Morgan fingerprint density at radius 3 is 2.62 bits per heavy atom. The van der Waals surface area contributed by atoms with Crippen LogP contribution in [0.2, 0.25) is 5.02 Å². The van der Waals surface area contributed by atoms with E-state index >= 15 is 0 Å². The Morgan fingerprint density at radius 2 is 1.88 bits per heavy atom. The van der Waals surface area contributed by atoms with Gasteiger partial charge in [0.25, 0.3) is 5.91 Å². The van der Waals surface area contributed by atoms with Crippen LogP contribution in [0.3, 0.4) is 0 Å². The summed E-state index contributed by atoms with van der Waals surface area (Å²) in [5, 5.41) is 6.30. The first-order valence-electron chi connectivity index (χ1n) is 7.90. The Hall–Kier alpha value is -2.99. The lowest BCUT2D eigenvalue weighted by Crippen LogP contribution is -2.23. The van der Waals surface area contributed by atoms with E-state index in [9.17, 15) is 9.18 Å². The van der Waals surface area contributed by atoms with Crippen molar-refractivity contribution in [1.82, 2.24) is 15.3 Å². The second kappa shape index (κ2) is 7.93. The number of benzene rings is 2. The number of amides is 1. The number of nitrogens with one attached hydrogen (secondary N) is 2. The van der Waals surface area contributed by atoms with Gasteiger partial charge in [0, 0.05) is 35.2 Å². The smallest absolute Gasteiger partial charge is 0.254 e. The van der Waals surface area contributed by atoms with Gasteiger partial charge in [0.1, 0.15) is 5.82 Å². The van der Waals surface area contributed by atoms with Crippen molar-refractivity contribution < 1.29 is 9.18 Å². The van der Waals surface area contributed by atoms with E-state index in [1.54, 1.807) is 30.3 Å². The van der Waals surface area contributed by atoms with Crippen molar-refractivity contribution in [2.75, 3.05) is 5.32 Å². The maximum Gasteiger partial charge on any atom is 0.254 e. The van der Waals surface area contributed by atoms with Gasteiger partial charge in [-0.1, -0.05) is 35.9 Å². The number of hydrogen-bond donors (Lipinski definition) is 2. The van der Waals surface area contributed by atoms with Crippen LogP contribution in [0.5, 0.6) is 0 Å². The van der Waals surface area contributed by atoms with Gasteiger partial charge >= 0.3 is 0 Å². The normalized spacial score (nSPS) is 10.4. The number of carbonyl (C=O) groups excluding carboxylic acids is 1. The molecule has 0 saturated carbocycles. The average molecular weight is 371 g/mol. The van der Waals surface area contributed by atoms with Crippen molar-refractivity contribution in [2.45, 2.75) is 13.5 Å². The molecule has 1 amide bonds. The molecule has 0 atom stereocenters. The summed E-state index contributed by atoms with van der Waals surface area (Å²) in [4.78, 5) is 20.4. The number of aromatic nitrogens is 2. The fourth-order valence-corrected chi connectivity index (χ4v) is 2.45. The number of anilines is 2. The number of hydrogen-bond acceptors (Lipinski definition) is 4. The maximum atomic E-state index is 13.6. The fraction of sp³-hybridized carbons (Fsp3) is 0.105. The van der Waals surface area contributed by atoms with Crippen molar-refractivity contribution in [3.63, 3.8) is 0 Å². The second-order valence-electron chi connectivity index (χ2n) is 5.65. The zero-order valence-corrected chi connectivity index (χ0v) is 14.7. The lowest BCUT2D eigenvalue weighted by atomic mass is 10.2. The average Bonchev–Trinajstić information content (AvgIpc) is 2.64. The third kappa shape index (κ3) is 4.34. The van der Waals surface area contributed by atoms with Crippen LogP contribution >= 0.6 is 11.6 Å². The van der Waals surface area contributed by atoms with Crippen molar-refractivity contribution in [1.29, 1.82) is 0 Å². The van der Waals surface area contributed by atoms with Crippen molar-refractivity contribution in [3.05, 3.63) is 82.4 Å². The van der Waals surface area contributed by atoms with E-state index in [0.717, 1.165) is 11.3 Å². The molecule has 0 aliphatic rings. The molecule has 5 nitrogen and oxygen atoms in total. The largest absolute Gasteiger partial charge is 0.348 e. The van der Waals surface area contributed by atoms with Crippen molar-refractivity contribution >= 4 is 29.1 Å².